The van der Waals surface area contributed by atoms with Crippen LogP contribution in [-0.2, 0) is 4.79 Å². The normalized spacial score (nSPS) is 11.7. The highest BCUT2D eigenvalue weighted by atomic mass is 16.5. The lowest BCUT2D eigenvalue weighted by Gasteiger charge is -2.23. The minimum atomic E-state index is -1.01. The molecule has 0 radical (unpaired) electrons. The van der Waals surface area contributed by atoms with Crippen molar-refractivity contribution in [2.75, 3.05) is 12.4 Å². The second-order valence-electron chi connectivity index (χ2n) is 6.97. The number of primary amides is 1. The van der Waals surface area contributed by atoms with Crippen LogP contribution < -0.4 is 15.8 Å². The van der Waals surface area contributed by atoms with Crippen LogP contribution in [0.1, 0.15) is 13.8 Å². The van der Waals surface area contributed by atoms with Crippen LogP contribution in [0, 0.1) is 0 Å². The van der Waals surface area contributed by atoms with E-state index in [1.54, 1.807) is 25.5 Å². The smallest absolute Gasteiger partial charge is 0.242 e. The summed E-state index contributed by atoms with van der Waals surface area (Å²) in [4.78, 5) is 21.1. The molecule has 2 aromatic carbocycles. The second kappa shape index (κ2) is 6.49. The van der Waals surface area contributed by atoms with Crippen molar-refractivity contribution in [3.63, 3.8) is 0 Å². The van der Waals surface area contributed by atoms with Gasteiger partial charge in [-0.15, -0.1) is 5.10 Å². The highest BCUT2D eigenvalue weighted by Crippen LogP contribution is 2.27. The Hall–Kier alpha value is -3.68. The van der Waals surface area contributed by atoms with Gasteiger partial charge in [-0.05, 0) is 38.1 Å². The van der Waals surface area contributed by atoms with E-state index >= 15 is 0 Å². The first-order valence-corrected chi connectivity index (χ1v) is 8.77. The Balaban J connectivity index is 1.95. The third-order valence-electron chi connectivity index (χ3n) is 4.55. The predicted octanol–water partition coefficient (Wildman–Crippen LogP) is 2.63. The van der Waals surface area contributed by atoms with Gasteiger partial charge >= 0.3 is 0 Å². The van der Waals surface area contributed by atoms with Crippen molar-refractivity contribution < 1.29 is 9.53 Å². The van der Waals surface area contributed by atoms with Crippen LogP contribution in [0.3, 0.4) is 0 Å². The first kappa shape index (κ1) is 17.7. The number of rotatable bonds is 5. The van der Waals surface area contributed by atoms with Gasteiger partial charge in [0.15, 0.2) is 11.5 Å². The molecule has 8 heteroatoms. The average Bonchev–Trinajstić information content (AvgIpc) is 3.14. The number of methoxy groups -OCH3 is 1. The van der Waals surface area contributed by atoms with Gasteiger partial charge in [0.25, 0.3) is 0 Å². The summed E-state index contributed by atoms with van der Waals surface area (Å²) in [5.41, 5.74) is 6.69. The number of anilines is 1. The van der Waals surface area contributed by atoms with E-state index in [1.807, 2.05) is 48.5 Å². The molecular formula is C20H20N6O2. The third-order valence-corrected chi connectivity index (χ3v) is 4.55. The molecule has 0 aliphatic heterocycles. The van der Waals surface area contributed by atoms with Crippen LogP contribution in [-0.4, -0.2) is 38.1 Å². The van der Waals surface area contributed by atoms with Crippen molar-refractivity contribution in [2.45, 2.75) is 19.4 Å². The standard InChI is InChI=1S/C20H20N6O2/c1-20(2,18(21)27)24-19-22-15-10-5-4-9-14(15)17-23-16(25-26(17)19)12-7-6-8-13(11-12)28-3/h4-11H,1-3H3,(H2,21,27)(H,22,24). The lowest BCUT2D eigenvalue weighted by atomic mass is 10.1. The van der Waals surface area contributed by atoms with Gasteiger partial charge in [0.2, 0.25) is 11.9 Å². The van der Waals surface area contributed by atoms with Gasteiger partial charge in [-0.2, -0.15) is 4.52 Å². The fourth-order valence-electron chi connectivity index (χ4n) is 2.86. The summed E-state index contributed by atoms with van der Waals surface area (Å²) in [5.74, 6) is 1.13. The zero-order valence-electron chi connectivity index (χ0n) is 15.8. The number of fused-ring (bicyclic) bond motifs is 3. The monoisotopic (exact) mass is 376 g/mol. The number of benzene rings is 2. The molecule has 0 unspecified atom stereocenters. The zero-order chi connectivity index (χ0) is 19.9. The molecule has 142 valence electrons. The van der Waals surface area contributed by atoms with Gasteiger partial charge in [-0.3, -0.25) is 4.79 Å². The molecule has 0 bridgehead atoms. The van der Waals surface area contributed by atoms with Crippen LogP contribution in [0.2, 0.25) is 0 Å². The predicted molar refractivity (Wildman–Crippen MR) is 107 cm³/mol. The van der Waals surface area contributed by atoms with Gasteiger partial charge in [-0.25, -0.2) is 9.97 Å². The zero-order valence-corrected chi connectivity index (χ0v) is 15.8. The van der Waals surface area contributed by atoms with Gasteiger partial charge in [0.1, 0.15) is 11.3 Å². The molecule has 0 atom stereocenters. The minimum Gasteiger partial charge on any atom is -0.497 e. The molecule has 4 rings (SSSR count). The number of nitrogens with zero attached hydrogens (tertiary/aromatic N) is 4. The molecular weight excluding hydrogens is 356 g/mol. The maximum Gasteiger partial charge on any atom is 0.242 e. The van der Waals surface area contributed by atoms with E-state index in [2.05, 4.69) is 15.4 Å². The Morgan fingerprint density at radius 1 is 1.14 bits per heavy atom. The van der Waals surface area contributed by atoms with Gasteiger partial charge < -0.3 is 15.8 Å². The first-order chi connectivity index (χ1) is 13.4. The van der Waals surface area contributed by atoms with Crippen LogP contribution in [0.25, 0.3) is 27.9 Å². The van der Waals surface area contributed by atoms with Crippen molar-refractivity contribution in [3.05, 3.63) is 48.5 Å². The van der Waals surface area contributed by atoms with Crippen LogP contribution in [0.5, 0.6) is 5.75 Å². The van der Waals surface area contributed by atoms with E-state index < -0.39 is 11.4 Å². The maximum atomic E-state index is 11.8. The fourth-order valence-corrected chi connectivity index (χ4v) is 2.86. The number of hydrogen-bond acceptors (Lipinski definition) is 6. The molecule has 1 amide bonds. The number of nitrogens with one attached hydrogen (secondary N) is 1. The van der Waals surface area contributed by atoms with Gasteiger partial charge in [0, 0.05) is 10.9 Å². The van der Waals surface area contributed by atoms with Crippen molar-refractivity contribution in [2.24, 2.45) is 5.73 Å². The Kier molecular flexibility index (Phi) is 4.11. The van der Waals surface area contributed by atoms with Crippen LogP contribution in [0.15, 0.2) is 48.5 Å². The van der Waals surface area contributed by atoms with Crippen LogP contribution >= 0.6 is 0 Å². The molecule has 0 fully saturated rings. The lowest BCUT2D eigenvalue weighted by Crippen LogP contribution is -2.45. The molecule has 2 heterocycles. The van der Waals surface area contributed by atoms with Crippen LogP contribution in [0.4, 0.5) is 5.95 Å². The average molecular weight is 376 g/mol. The first-order valence-electron chi connectivity index (χ1n) is 8.77. The number of para-hydroxylation sites is 1. The van der Waals surface area contributed by atoms with Crippen molar-refractivity contribution in [1.29, 1.82) is 0 Å². The lowest BCUT2D eigenvalue weighted by molar-refractivity contribution is -0.121. The van der Waals surface area contributed by atoms with E-state index in [1.165, 1.54) is 0 Å². The Bertz CT molecular complexity index is 1200. The SMILES string of the molecule is COc1cccc(-c2nc3c4ccccc4nc(NC(C)(C)C(N)=O)n3n2)c1. The summed E-state index contributed by atoms with van der Waals surface area (Å²) in [6, 6.07) is 15.2. The summed E-state index contributed by atoms with van der Waals surface area (Å²) in [7, 11) is 1.61. The number of carbonyl (C=O) groups excluding carboxylic acids is 1. The van der Waals surface area contributed by atoms with Gasteiger partial charge in [0.05, 0.1) is 12.6 Å². The highest BCUT2D eigenvalue weighted by Gasteiger charge is 2.27. The van der Waals surface area contributed by atoms with Crippen molar-refractivity contribution >= 4 is 28.4 Å². The number of carbonyl (C=O) groups is 1. The molecule has 8 nitrogen and oxygen atoms in total. The summed E-state index contributed by atoms with van der Waals surface area (Å²) >= 11 is 0. The summed E-state index contributed by atoms with van der Waals surface area (Å²) in [6.07, 6.45) is 0. The molecule has 4 aromatic rings. The molecule has 0 aliphatic rings. The number of hydrogen-bond donors (Lipinski definition) is 2. The summed E-state index contributed by atoms with van der Waals surface area (Å²) in [5, 5.41) is 8.57. The molecule has 0 saturated carbocycles. The molecule has 3 N–H and O–H groups in total. The Labute approximate surface area is 161 Å². The van der Waals surface area contributed by atoms with Crippen molar-refractivity contribution in [3.8, 4) is 17.1 Å². The van der Waals surface area contributed by atoms with E-state index in [-0.39, 0.29) is 0 Å². The number of ether oxygens (including phenoxy) is 1. The highest BCUT2D eigenvalue weighted by molar-refractivity contribution is 5.93. The van der Waals surface area contributed by atoms with E-state index in [0.29, 0.717) is 23.2 Å². The topological polar surface area (TPSA) is 107 Å². The Morgan fingerprint density at radius 3 is 2.68 bits per heavy atom. The summed E-state index contributed by atoms with van der Waals surface area (Å²) in [6.45, 7) is 3.38. The molecule has 0 aliphatic carbocycles. The van der Waals surface area contributed by atoms with Gasteiger partial charge in [-0.1, -0.05) is 24.3 Å². The molecule has 28 heavy (non-hydrogen) atoms. The number of aromatic nitrogens is 4. The number of amides is 1. The fraction of sp³-hybridized carbons (Fsp3) is 0.200. The Morgan fingerprint density at radius 2 is 1.93 bits per heavy atom. The second-order valence-corrected chi connectivity index (χ2v) is 6.97. The van der Waals surface area contributed by atoms with Crippen molar-refractivity contribution in [1.82, 2.24) is 19.6 Å². The quantitative estimate of drug-likeness (QED) is 0.554. The third kappa shape index (κ3) is 2.98. The largest absolute Gasteiger partial charge is 0.497 e. The summed E-state index contributed by atoms with van der Waals surface area (Å²) < 4.78 is 6.90. The van der Waals surface area contributed by atoms with E-state index in [4.69, 9.17) is 15.5 Å². The molecule has 2 aromatic heterocycles. The molecule has 0 saturated heterocycles. The van der Waals surface area contributed by atoms with E-state index in [0.717, 1.165) is 16.5 Å². The molecule has 0 spiro atoms. The minimum absolute atomic E-state index is 0.388. The maximum absolute atomic E-state index is 11.8. The van der Waals surface area contributed by atoms with E-state index in [9.17, 15) is 4.79 Å². The number of nitrogens with two attached hydrogens (primary N) is 1.